The van der Waals surface area contributed by atoms with E-state index < -0.39 is 6.09 Å². The maximum absolute atomic E-state index is 11.7. The first-order chi connectivity index (χ1) is 8.16. The summed E-state index contributed by atoms with van der Waals surface area (Å²) in [5, 5.41) is 11.6. The van der Waals surface area contributed by atoms with Gasteiger partial charge in [-0.1, -0.05) is 0 Å². The summed E-state index contributed by atoms with van der Waals surface area (Å²) in [4.78, 5) is 30.3. The van der Waals surface area contributed by atoms with Gasteiger partial charge >= 0.3 is 6.09 Å². The number of hydrogen-bond acceptors (Lipinski definition) is 3. The average molecular weight is 238 g/mol. The quantitative estimate of drug-likeness (QED) is 0.689. The van der Waals surface area contributed by atoms with Crippen LogP contribution < -0.4 is 5.32 Å². The summed E-state index contributed by atoms with van der Waals surface area (Å²) in [6, 6.07) is 0.0169. The number of carbonyl (C=O) groups is 2. The molecule has 1 saturated heterocycles. The van der Waals surface area contributed by atoms with Crippen LogP contribution in [0.25, 0.3) is 0 Å². The number of likely N-dealkylation sites (tertiary alicyclic amines) is 1. The first-order valence-corrected chi connectivity index (χ1v) is 5.45. The van der Waals surface area contributed by atoms with Crippen LogP contribution in [-0.2, 0) is 0 Å². The summed E-state index contributed by atoms with van der Waals surface area (Å²) in [6.45, 7) is 0.914. The van der Waals surface area contributed by atoms with E-state index in [2.05, 4.69) is 15.3 Å². The Morgan fingerprint density at radius 3 is 2.71 bits per heavy atom. The summed E-state index contributed by atoms with van der Waals surface area (Å²) in [5.74, 6) is 0.0365. The van der Waals surface area contributed by atoms with E-state index in [9.17, 15) is 9.59 Å². The number of carboxylic acid groups (broad SMARTS) is 1. The molecule has 0 bridgehead atoms. The Morgan fingerprint density at radius 1 is 1.47 bits per heavy atom. The largest absolute Gasteiger partial charge is 0.465 e. The number of aromatic nitrogens is 2. The molecule has 1 aliphatic heterocycles. The number of H-pyrrole nitrogens is 1. The van der Waals surface area contributed by atoms with Crippen molar-refractivity contribution in [2.45, 2.75) is 18.9 Å². The normalized spacial score (nSPS) is 16.8. The Bertz CT molecular complexity index is 396. The van der Waals surface area contributed by atoms with Crippen molar-refractivity contribution in [3.8, 4) is 0 Å². The monoisotopic (exact) mass is 238 g/mol. The minimum atomic E-state index is -0.902. The van der Waals surface area contributed by atoms with Gasteiger partial charge in [-0.3, -0.25) is 4.79 Å². The van der Waals surface area contributed by atoms with E-state index in [4.69, 9.17) is 5.11 Å². The molecule has 0 aliphatic carbocycles. The van der Waals surface area contributed by atoms with Crippen molar-refractivity contribution in [2.75, 3.05) is 13.1 Å². The SMILES string of the molecule is O=C(NC1CCN(C(=O)O)CC1)c1ncc[nH]1. The van der Waals surface area contributed by atoms with Gasteiger partial charge < -0.3 is 20.3 Å². The van der Waals surface area contributed by atoms with Gasteiger partial charge in [-0.2, -0.15) is 0 Å². The summed E-state index contributed by atoms with van der Waals surface area (Å²) in [7, 11) is 0. The molecule has 1 aromatic heterocycles. The third-order valence-electron chi connectivity index (χ3n) is 2.81. The van der Waals surface area contributed by atoms with Gasteiger partial charge in [0.05, 0.1) is 0 Å². The Labute approximate surface area is 97.8 Å². The maximum Gasteiger partial charge on any atom is 0.407 e. The molecular formula is C10H14N4O3. The molecule has 0 saturated carbocycles. The number of imidazole rings is 1. The average Bonchev–Trinajstić information content (AvgIpc) is 2.83. The second kappa shape index (κ2) is 4.86. The topological polar surface area (TPSA) is 98.3 Å². The molecule has 0 unspecified atom stereocenters. The Kier molecular flexibility index (Phi) is 3.27. The van der Waals surface area contributed by atoms with Crippen LogP contribution in [-0.4, -0.2) is 51.1 Å². The van der Waals surface area contributed by atoms with Crippen molar-refractivity contribution >= 4 is 12.0 Å². The molecule has 1 aromatic rings. The Morgan fingerprint density at radius 2 is 2.18 bits per heavy atom. The number of hydrogen-bond donors (Lipinski definition) is 3. The van der Waals surface area contributed by atoms with Crippen LogP contribution in [0, 0.1) is 0 Å². The zero-order chi connectivity index (χ0) is 12.3. The molecule has 17 heavy (non-hydrogen) atoms. The van der Waals surface area contributed by atoms with E-state index in [-0.39, 0.29) is 17.8 Å². The smallest absolute Gasteiger partial charge is 0.407 e. The first kappa shape index (κ1) is 11.4. The van der Waals surface area contributed by atoms with Gasteiger partial charge in [0.15, 0.2) is 5.82 Å². The second-order valence-electron chi connectivity index (χ2n) is 3.96. The van der Waals surface area contributed by atoms with Crippen molar-refractivity contribution in [1.29, 1.82) is 0 Å². The number of carbonyl (C=O) groups excluding carboxylic acids is 1. The number of rotatable bonds is 2. The van der Waals surface area contributed by atoms with Crippen molar-refractivity contribution in [3.63, 3.8) is 0 Å². The Balaban J connectivity index is 1.82. The predicted molar refractivity (Wildman–Crippen MR) is 58.7 cm³/mol. The van der Waals surface area contributed by atoms with Crippen molar-refractivity contribution in [3.05, 3.63) is 18.2 Å². The number of piperidine rings is 1. The highest BCUT2D eigenvalue weighted by atomic mass is 16.4. The lowest BCUT2D eigenvalue weighted by atomic mass is 10.1. The van der Waals surface area contributed by atoms with Crippen LogP contribution in [0.5, 0.6) is 0 Å². The summed E-state index contributed by atoms with van der Waals surface area (Å²) in [5.41, 5.74) is 0. The van der Waals surface area contributed by atoms with E-state index >= 15 is 0 Å². The molecule has 0 spiro atoms. The van der Waals surface area contributed by atoms with Gasteiger partial charge in [0, 0.05) is 31.5 Å². The lowest BCUT2D eigenvalue weighted by Crippen LogP contribution is -2.46. The van der Waals surface area contributed by atoms with Crippen LogP contribution in [0.3, 0.4) is 0 Å². The summed E-state index contributed by atoms with van der Waals surface area (Å²) >= 11 is 0. The molecule has 1 fully saturated rings. The highest BCUT2D eigenvalue weighted by Crippen LogP contribution is 2.10. The Hall–Kier alpha value is -2.05. The lowest BCUT2D eigenvalue weighted by Gasteiger charge is -2.30. The maximum atomic E-state index is 11.7. The van der Waals surface area contributed by atoms with Crippen LogP contribution in [0.1, 0.15) is 23.5 Å². The van der Waals surface area contributed by atoms with E-state index in [1.54, 1.807) is 6.20 Å². The second-order valence-corrected chi connectivity index (χ2v) is 3.96. The van der Waals surface area contributed by atoms with Gasteiger partial charge in [-0.05, 0) is 12.8 Å². The van der Waals surface area contributed by atoms with E-state index in [1.165, 1.54) is 11.1 Å². The molecule has 2 amide bonds. The van der Waals surface area contributed by atoms with Crippen LogP contribution in [0.15, 0.2) is 12.4 Å². The minimum absolute atomic E-state index is 0.0169. The van der Waals surface area contributed by atoms with Crippen molar-refractivity contribution in [2.24, 2.45) is 0 Å². The van der Waals surface area contributed by atoms with Gasteiger partial charge in [0.25, 0.3) is 5.91 Å². The molecule has 2 heterocycles. The van der Waals surface area contributed by atoms with E-state index in [0.717, 1.165) is 0 Å². The molecule has 7 heteroatoms. The third kappa shape index (κ3) is 2.74. The molecule has 7 nitrogen and oxygen atoms in total. The fourth-order valence-electron chi connectivity index (χ4n) is 1.86. The fraction of sp³-hybridized carbons (Fsp3) is 0.500. The van der Waals surface area contributed by atoms with E-state index in [1.807, 2.05) is 0 Å². The highest BCUT2D eigenvalue weighted by molar-refractivity contribution is 5.90. The van der Waals surface area contributed by atoms with Crippen molar-refractivity contribution in [1.82, 2.24) is 20.2 Å². The fourth-order valence-corrected chi connectivity index (χ4v) is 1.86. The minimum Gasteiger partial charge on any atom is -0.465 e. The predicted octanol–water partition coefficient (Wildman–Crippen LogP) is 0.282. The molecule has 0 aromatic carbocycles. The van der Waals surface area contributed by atoms with Crippen LogP contribution in [0.2, 0.25) is 0 Å². The molecule has 1 aliphatic rings. The highest BCUT2D eigenvalue weighted by Gasteiger charge is 2.23. The molecule has 0 atom stereocenters. The number of amides is 2. The third-order valence-corrected chi connectivity index (χ3v) is 2.81. The van der Waals surface area contributed by atoms with Crippen LogP contribution in [0.4, 0.5) is 4.79 Å². The summed E-state index contributed by atoms with van der Waals surface area (Å²) < 4.78 is 0. The summed E-state index contributed by atoms with van der Waals surface area (Å²) in [6.07, 6.45) is 3.47. The van der Waals surface area contributed by atoms with Gasteiger partial charge in [0.1, 0.15) is 0 Å². The van der Waals surface area contributed by atoms with Gasteiger partial charge in [-0.15, -0.1) is 0 Å². The molecule has 0 radical (unpaired) electrons. The van der Waals surface area contributed by atoms with Gasteiger partial charge in [0.2, 0.25) is 0 Å². The van der Waals surface area contributed by atoms with Crippen molar-refractivity contribution < 1.29 is 14.7 Å². The lowest BCUT2D eigenvalue weighted by molar-refractivity contribution is 0.0898. The molecule has 92 valence electrons. The number of nitrogens with one attached hydrogen (secondary N) is 2. The van der Waals surface area contributed by atoms with Crippen LogP contribution >= 0.6 is 0 Å². The zero-order valence-corrected chi connectivity index (χ0v) is 9.22. The van der Waals surface area contributed by atoms with Gasteiger partial charge in [-0.25, -0.2) is 9.78 Å². The zero-order valence-electron chi connectivity index (χ0n) is 9.22. The first-order valence-electron chi connectivity index (χ1n) is 5.45. The van der Waals surface area contributed by atoms with E-state index in [0.29, 0.717) is 25.9 Å². The molecule has 3 N–H and O–H groups in total. The number of aromatic amines is 1. The number of nitrogens with zero attached hydrogens (tertiary/aromatic N) is 2. The standard InChI is InChI=1S/C10H14N4O3/c15-9(8-11-3-4-12-8)13-7-1-5-14(6-2-7)10(16)17/h3-4,7H,1-2,5-6H2,(H,11,12)(H,13,15)(H,16,17). The molecule has 2 rings (SSSR count). The molecular weight excluding hydrogens is 224 g/mol.